The SMILES string of the molecule is Cn1ccc(C(=O)N2CCC3(CC2)C(=O)N(CCO)C(=O)N3Cc2ccccc2)n1. The van der Waals surface area contributed by atoms with E-state index in [4.69, 9.17) is 0 Å². The zero-order valence-electron chi connectivity index (χ0n) is 16.9. The van der Waals surface area contributed by atoms with E-state index in [1.54, 1.807) is 33.8 Å². The molecule has 9 heteroatoms. The van der Waals surface area contributed by atoms with E-state index in [2.05, 4.69) is 5.10 Å². The van der Waals surface area contributed by atoms with Crippen LogP contribution >= 0.6 is 0 Å². The Hall–Kier alpha value is -3.20. The van der Waals surface area contributed by atoms with Crippen LogP contribution in [0.1, 0.15) is 28.9 Å². The monoisotopic (exact) mass is 411 g/mol. The zero-order chi connectivity index (χ0) is 21.3. The quantitative estimate of drug-likeness (QED) is 0.736. The highest BCUT2D eigenvalue weighted by molar-refractivity contribution is 6.07. The lowest BCUT2D eigenvalue weighted by atomic mass is 9.85. The van der Waals surface area contributed by atoms with Crippen molar-refractivity contribution in [3.63, 3.8) is 0 Å². The number of aliphatic hydroxyl groups excluding tert-OH is 1. The number of hydrogen-bond donors (Lipinski definition) is 1. The largest absolute Gasteiger partial charge is 0.395 e. The van der Waals surface area contributed by atoms with Gasteiger partial charge in [0, 0.05) is 32.9 Å². The molecular formula is C21H25N5O4. The van der Waals surface area contributed by atoms with Crippen molar-refractivity contribution in [2.45, 2.75) is 24.9 Å². The topological polar surface area (TPSA) is 99.0 Å². The fourth-order valence-electron chi connectivity index (χ4n) is 4.32. The third-order valence-electron chi connectivity index (χ3n) is 5.94. The van der Waals surface area contributed by atoms with Crippen LogP contribution in [0.3, 0.4) is 0 Å². The number of aryl methyl sites for hydroxylation is 1. The molecule has 2 aromatic rings. The van der Waals surface area contributed by atoms with Crippen LogP contribution in [0.25, 0.3) is 0 Å². The molecule has 30 heavy (non-hydrogen) atoms. The first-order valence-corrected chi connectivity index (χ1v) is 10.0. The molecule has 3 heterocycles. The summed E-state index contributed by atoms with van der Waals surface area (Å²) in [6, 6.07) is 10.8. The van der Waals surface area contributed by atoms with Crippen molar-refractivity contribution >= 4 is 17.8 Å². The predicted molar refractivity (Wildman–Crippen MR) is 107 cm³/mol. The molecule has 1 N–H and O–H groups in total. The molecule has 0 aliphatic carbocycles. The van der Waals surface area contributed by atoms with Gasteiger partial charge in [0.25, 0.3) is 11.8 Å². The van der Waals surface area contributed by atoms with Crippen molar-refractivity contribution in [2.24, 2.45) is 7.05 Å². The summed E-state index contributed by atoms with van der Waals surface area (Å²) >= 11 is 0. The summed E-state index contributed by atoms with van der Waals surface area (Å²) in [6.45, 7) is 0.708. The lowest BCUT2D eigenvalue weighted by Gasteiger charge is -2.42. The van der Waals surface area contributed by atoms with E-state index >= 15 is 0 Å². The summed E-state index contributed by atoms with van der Waals surface area (Å²) in [5.74, 6) is -0.466. The molecule has 2 fully saturated rings. The number of imide groups is 1. The second kappa shape index (κ2) is 7.91. The summed E-state index contributed by atoms with van der Waals surface area (Å²) in [6.07, 6.45) is 2.42. The van der Waals surface area contributed by atoms with Crippen LogP contribution in [0.15, 0.2) is 42.6 Å². The highest BCUT2D eigenvalue weighted by atomic mass is 16.3. The zero-order valence-corrected chi connectivity index (χ0v) is 16.9. The number of aliphatic hydroxyl groups is 1. The van der Waals surface area contributed by atoms with Crippen LogP contribution in [0.5, 0.6) is 0 Å². The highest BCUT2D eigenvalue weighted by Crippen LogP contribution is 2.38. The second-order valence-corrected chi connectivity index (χ2v) is 7.73. The van der Waals surface area contributed by atoms with Gasteiger partial charge in [-0.1, -0.05) is 30.3 Å². The van der Waals surface area contributed by atoms with Gasteiger partial charge in [-0.05, 0) is 24.5 Å². The van der Waals surface area contributed by atoms with Gasteiger partial charge in [0.15, 0.2) is 0 Å². The van der Waals surface area contributed by atoms with Crippen molar-refractivity contribution in [3.05, 3.63) is 53.9 Å². The van der Waals surface area contributed by atoms with Gasteiger partial charge in [0.2, 0.25) is 0 Å². The van der Waals surface area contributed by atoms with Gasteiger partial charge in [-0.2, -0.15) is 5.10 Å². The summed E-state index contributed by atoms with van der Waals surface area (Å²) in [7, 11) is 1.75. The molecule has 0 unspecified atom stereocenters. The lowest BCUT2D eigenvalue weighted by molar-refractivity contribution is -0.135. The molecule has 158 valence electrons. The van der Waals surface area contributed by atoms with Crippen LogP contribution in [-0.4, -0.2) is 79.2 Å². The summed E-state index contributed by atoms with van der Waals surface area (Å²) in [5.41, 5.74) is 0.296. The molecule has 0 atom stereocenters. The minimum absolute atomic E-state index is 0.0265. The Morgan fingerprint density at radius 2 is 1.83 bits per heavy atom. The molecule has 1 aromatic carbocycles. The first kappa shape index (κ1) is 20.1. The molecule has 4 amide bonds. The van der Waals surface area contributed by atoms with Crippen LogP contribution in [0.2, 0.25) is 0 Å². The Morgan fingerprint density at radius 1 is 1.13 bits per heavy atom. The second-order valence-electron chi connectivity index (χ2n) is 7.73. The first-order valence-electron chi connectivity index (χ1n) is 10.0. The summed E-state index contributed by atoms with van der Waals surface area (Å²) in [5, 5.41) is 13.5. The summed E-state index contributed by atoms with van der Waals surface area (Å²) < 4.78 is 1.58. The number of benzene rings is 1. The summed E-state index contributed by atoms with van der Waals surface area (Å²) in [4.78, 5) is 43.5. The first-order chi connectivity index (χ1) is 14.5. The Bertz CT molecular complexity index is 949. The van der Waals surface area contributed by atoms with E-state index in [0.29, 0.717) is 38.2 Å². The lowest BCUT2D eigenvalue weighted by Crippen LogP contribution is -2.57. The van der Waals surface area contributed by atoms with Gasteiger partial charge >= 0.3 is 6.03 Å². The fourth-order valence-corrected chi connectivity index (χ4v) is 4.32. The van der Waals surface area contributed by atoms with Crippen LogP contribution in [-0.2, 0) is 18.4 Å². The number of piperidine rings is 1. The van der Waals surface area contributed by atoms with Gasteiger partial charge in [-0.15, -0.1) is 0 Å². The van der Waals surface area contributed by atoms with E-state index in [1.165, 1.54) is 0 Å². The van der Waals surface area contributed by atoms with Crippen LogP contribution in [0.4, 0.5) is 4.79 Å². The standard InChI is InChI=1S/C21H25N5O4/c1-23-10-7-17(22-23)18(28)24-11-8-21(9-12-24)19(29)25(13-14-27)20(30)26(21)15-16-5-3-2-4-6-16/h2-7,10,27H,8-9,11-15H2,1H3. The molecule has 4 rings (SSSR count). The smallest absolute Gasteiger partial charge is 0.328 e. The molecule has 0 radical (unpaired) electrons. The van der Waals surface area contributed by atoms with Crippen molar-refractivity contribution in [1.82, 2.24) is 24.5 Å². The number of nitrogens with zero attached hydrogens (tertiary/aromatic N) is 5. The molecule has 1 aromatic heterocycles. The fraction of sp³-hybridized carbons (Fsp3) is 0.429. The van der Waals surface area contributed by atoms with E-state index in [1.807, 2.05) is 30.3 Å². The number of rotatable bonds is 5. The van der Waals surface area contributed by atoms with Gasteiger partial charge in [-0.25, -0.2) is 4.79 Å². The molecule has 0 bridgehead atoms. The van der Waals surface area contributed by atoms with Gasteiger partial charge in [0.05, 0.1) is 13.2 Å². The number of amides is 4. The molecule has 2 saturated heterocycles. The van der Waals surface area contributed by atoms with E-state index < -0.39 is 5.54 Å². The normalized spacial score (nSPS) is 18.5. The Labute approximate surface area is 174 Å². The average molecular weight is 411 g/mol. The van der Waals surface area contributed by atoms with E-state index in [-0.39, 0.29) is 31.0 Å². The molecular weight excluding hydrogens is 386 g/mol. The maximum absolute atomic E-state index is 13.3. The number of hydrogen-bond acceptors (Lipinski definition) is 5. The van der Waals surface area contributed by atoms with Crippen molar-refractivity contribution in [2.75, 3.05) is 26.2 Å². The highest BCUT2D eigenvalue weighted by Gasteiger charge is 2.58. The van der Waals surface area contributed by atoms with Crippen molar-refractivity contribution < 1.29 is 19.5 Å². The number of aromatic nitrogens is 2. The number of β-amino-alcohol motifs (C(OH)–C–C–N with tert-alkyl or cyclic N) is 1. The maximum Gasteiger partial charge on any atom is 0.328 e. The minimum Gasteiger partial charge on any atom is -0.395 e. The third kappa shape index (κ3) is 3.35. The Kier molecular flexibility index (Phi) is 5.29. The van der Waals surface area contributed by atoms with Gasteiger partial charge in [-0.3, -0.25) is 19.2 Å². The van der Waals surface area contributed by atoms with E-state index in [9.17, 15) is 19.5 Å². The van der Waals surface area contributed by atoms with Crippen molar-refractivity contribution in [3.8, 4) is 0 Å². The van der Waals surface area contributed by atoms with E-state index in [0.717, 1.165) is 10.5 Å². The molecule has 2 aliphatic heterocycles. The minimum atomic E-state index is -0.997. The number of likely N-dealkylation sites (tertiary alicyclic amines) is 1. The van der Waals surface area contributed by atoms with Crippen LogP contribution in [0, 0.1) is 0 Å². The van der Waals surface area contributed by atoms with Crippen molar-refractivity contribution in [1.29, 1.82) is 0 Å². The Balaban J connectivity index is 1.57. The average Bonchev–Trinajstić information content (AvgIpc) is 3.27. The van der Waals surface area contributed by atoms with Crippen LogP contribution < -0.4 is 0 Å². The number of carbonyl (C=O) groups excluding carboxylic acids is 3. The predicted octanol–water partition coefficient (Wildman–Crippen LogP) is 0.852. The number of carbonyl (C=O) groups is 3. The Morgan fingerprint density at radius 3 is 2.43 bits per heavy atom. The maximum atomic E-state index is 13.3. The molecule has 2 aliphatic rings. The molecule has 1 spiro atoms. The van der Waals surface area contributed by atoms with Gasteiger partial charge < -0.3 is 14.9 Å². The number of urea groups is 1. The third-order valence-corrected chi connectivity index (χ3v) is 5.94. The molecule has 0 saturated carbocycles. The molecule has 9 nitrogen and oxygen atoms in total. The van der Waals surface area contributed by atoms with Gasteiger partial charge in [0.1, 0.15) is 11.2 Å².